The molecule has 1 N–H and O–H groups in total. The normalized spacial score (nSPS) is 13.1. The molecule has 7 heteroatoms. The molecule has 3 aromatic rings. The highest BCUT2D eigenvalue weighted by molar-refractivity contribution is 7.18. The summed E-state index contributed by atoms with van der Waals surface area (Å²) in [6.45, 7) is 0.158. The second kappa shape index (κ2) is 7.95. The SMILES string of the molecule is N#Cc1ccc(COC(=O)CCc2nc3sc4c(c3c(=O)[nH]2)CCCC4)cc1. The van der Waals surface area contributed by atoms with Crippen LogP contribution in [0.4, 0.5) is 0 Å². The smallest absolute Gasteiger partial charge is 0.306 e. The minimum atomic E-state index is -0.349. The number of aryl methyl sites for hydroxylation is 3. The van der Waals surface area contributed by atoms with Crippen LogP contribution in [0.15, 0.2) is 29.1 Å². The molecule has 0 saturated carbocycles. The maximum Gasteiger partial charge on any atom is 0.306 e. The molecule has 0 amide bonds. The molecule has 0 saturated heterocycles. The van der Waals surface area contributed by atoms with Crippen LogP contribution in [-0.4, -0.2) is 15.9 Å². The van der Waals surface area contributed by atoms with Crippen molar-refractivity contribution in [2.24, 2.45) is 0 Å². The lowest BCUT2D eigenvalue weighted by Gasteiger charge is -2.09. The number of nitrogens with zero attached hydrogens (tertiary/aromatic N) is 2. The van der Waals surface area contributed by atoms with Crippen LogP contribution in [-0.2, 0) is 35.4 Å². The Morgan fingerprint density at radius 3 is 2.82 bits per heavy atom. The molecule has 0 unspecified atom stereocenters. The predicted molar refractivity (Wildman–Crippen MR) is 106 cm³/mol. The van der Waals surface area contributed by atoms with Gasteiger partial charge >= 0.3 is 5.97 Å². The van der Waals surface area contributed by atoms with Crippen LogP contribution in [0.2, 0.25) is 0 Å². The van der Waals surface area contributed by atoms with Gasteiger partial charge in [0, 0.05) is 11.3 Å². The number of carbonyl (C=O) groups excluding carboxylic acids is 1. The van der Waals surface area contributed by atoms with E-state index in [-0.39, 0.29) is 24.6 Å². The molecule has 0 radical (unpaired) electrons. The van der Waals surface area contributed by atoms with Crippen molar-refractivity contribution in [3.8, 4) is 6.07 Å². The van der Waals surface area contributed by atoms with Gasteiger partial charge in [0.25, 0.3) is 5.56 Å². The molecular weight excluding hydrogens is 374 g/mol. The number of thiophene rings is 1. The maximum atomic E-state index is 12.5. The summed E-state index contributed by atoms with van der Waals surface area (Å²) in [5.41, 5.74) is 2.44. The zero-order valence-electron chi connectivity index (χ0n) is 15.3. The molecule has 1 aromatic carbocycles. The number of nitriles is 1. The molecule has 4 rings (SSSR count). The van der Waals surface area contributed by atoms with Gasteiger partial charge in [-0.1, -0.05) is 12.1 Å². The van der Waals surface area contributed by atoms with E-state index >= 15 is 0 Å². The molecule has 2 heterocycles. The molecule has 0 aliphatic heterocycles. The molecule has 1 aliphatic carbocycles. The number of esters is 1. The van der Waals surface area contributed by atoms with Gasteiger partial charge in [-0.15, -0.1) is 11.3 Å². The minimum absolute atomic E-state index is 0.106. The highest BCUT2D eigenvalue weighted by Gasteiger charge is 2.20. The van der Waals surface area contributed by atoms with E-state index in [0.29, 0.717) is 17.8 Å². The Labute approximate surface area is 165 Å². The maximum absolute atomic E-state index is 12.5. The van der Waals surface area contributed by atoms with Gasteiger partial charge in [0.2, 0.25) is 0 Å². The number of hydrogen-bond acceptors (Lipinski definition) is 6. The van der Waals surface area contributed by atoms with Crippen molar-refractivity contribution in [1.29, 1.82) is 5.26 Å². The van der Waals surface area contributed by atoms with E-state index in [9.17, 15) is 9.59 Å². The van der Waals surface area contributed by atoms with Crippen molar-refractivity contribution in [2.75, 3.05) is 0 Å². The second-order valence-corrected chi connectivity index (χ2v) is 7.96. The third kappa shape index (κ3) is 3.82. The third-order valence-electron chi connectivity index (χ3n) is 4.92. The lowest BCUT2D eigenvalue weighted by molar-refractivity contribution is -0.144. The number of ether oxygens (including phenoxy) is 1. The molecule has 0 fully saturated rings. The van der Waals surface area contributed by atoms with Crippen molar-refractivity contribution >= 4 is 27.5 Å². The fourth-order valence-electron chi connectivity index (χ4n) is 3.46. The van der Waals surface area contributed by atoms with Gasteiger partial charge < -0.3 is 9.72 Å². The first-order chi connectivity index (χ1) is 13.6. The van der Waals surface area contributed by atoms with Crippen molar-refractivity contribution in [3.05, 3.63) is 62.0 Å². The number of aromatic amines is 1. The molecule has 142 valence electrons. The van der Waals surface area contributed by atoms with Crippen LogP contribution in [0.25, 0.3) is 10.2 Å². The Morgan fingerprint density at radius 1 is 1.25 bits per heavy atom. The van der Waals surface area contributed by atoms with Gasteiger partial charge in [0.05, 0.1) is 23.4 Å². The highest BCUT2D eigenvalue weighted by atomic mass is 32.1. The molecular formula is C21H19N3O3S. The van der Waals surface area contributed by atoms with E-state index < -0.39 is 0 Å². The molecule has 28 heavy (non-hydrogen) atoms. The van der Waals surface area contributed by atoms with Crippen LogP contribution in [0, 0.1) is 11.3 Å². The largest absolute Gasteiger partial charge is 0.461 e. The molecule has 0 atom stereocenters. The topological polar surface area (TPSA) is 95.8 Å². The van der Waals surface area contributed by atoms with Crippen molar-refractivity contribution in [2.45, 2.75) is 45.1 Å². The highest BCUT2D eigenvalue weighted by Crippen LogP contribution is 2.33. The summed E-state index contributed by atoms with van der Waals surface area (Å²) < 4.78 is 5.27. The summed E-state index contributed by atoms with van der Waals surface area (Å²) in [6, 6.07) is 8.95. The van der Waals surface area contributed by atoms with Crippen LogP contribution < -0.4 is 5.56 Å². The molecule has 0 bridgehead atoms. The Morgan fingerprint density at radius 2 is 2.04 bits per heavy atom. The summed E-state index contributed by atoms with van der Waals surface area (Å²) in [5, 5.41) is 9.52. The van der Waals surface area contributed by atoms with E-state index in [1.165, 1.54) is 4.88 Å². The van der Waals surface area contributed by atoms with Gasteiger partial charge in [-0.25, -0.2) is 4.98 Å². The number of aromatic nitrogens is 2. The zero-order valence-corrected chi connectivity index (χ0v) is 16.1. The Kier molecular flexibility index (Phi) is 5.22. The first-order valence-electron chi connectivity index (χ1n) is 9.32. The number of rotatable bonds is 5. The summed E-state index contributed by atoms with van der Waals surface area (Å²) in [6.07, 6.45) is 4.73. The van der Waals surface area contributed by atoms with Crippen molar-refractivity contribution in [1.82, 2.24) is 9.97 Å². The van der Waals surface area contributed by atoms with Crippen LogP contribution >= 0.6 is 11.3 Å². The van der Waals surface area contributed by atoms with E-state index in [4.69, 9.17) is 10.00 Å². The lowest BCUT2D eigenvalue weighted by atomic mass is 9.97. The lowest BCUT2D eigenvalue weighted by Crippen LogP contribution is -2.14. The number of nitrogens with one attached hydrogen (secondary N) is 1. The summed E-state index contributed by atoms with van der Waals surface area (Å²) in [5.74, 6) is 0.170. The van der Waals surface area contributed by atoms with Crippen molar-refractivity contribution in [3.63, 3.8) is 0 Å². The summed E-state index contributed by atoms with van der Waals surface area (Å²) in [7, 11) is 0. The standard InChI is InChI=1S/C21H19N3O3S/c22-11-13-5-7-14(8-6-13)12-27-18(25)10-9-17-23-20(26)19-15-3-1-2-4-16(15)28-21(19)24-17/h5-8H,1-4,9-10,12H2,(H,23,24,26). The fraction of sp³-hybridized carbons (Fsp3) is 0.333. The number of H-pyrrole nitrogens is 1. The van der Waals surface area contributed by atoms with E-state index in [1.54, 1.807) is 35.6 Å². The number of benzene rings is 1. The van der Waals surface area contributed by atoms with Gasteiger partial charge in [-0.3, -0.25) is 9.59 Å². The number of hydrogen-bond donors (Lipinski definition) is 1. The van der Waals surface area contributed by atoms with Crippen LogP contribution in [0.5, 0.6) is 0 Å². The molecule has 2 aromatic heterocycles. The predicted octanol–water partition coefficient (Wildman–Crippen LogP) is 3.41. The van der Waals surface area contributed by atoms with Gasteiger partial charge in [-0.05, 0) is 48.9 Å². The summed E-state index contributed by atoms with van der Waals surface area (Å²) >= 11 is 1.60. The first-order valence-corrected chi connectivity index (χ1v) is 10.1. The minimum Gasteiger partial charge on any atom is -0.461 e. The number of fused-ring (bicyclic) bond motifs is 3. The quantitative estimate of drug-likeness (QED) is 0.670. The zero-order chi connectivity index (χ0) is 19.5. The first kappa shape index (κ1) is 18.4. The average Bonchev–Trinajstić information content (AvgIpc) is 3.10. The van der Waals surface area contributed by atoms with Gasteiger partial charge in [-0.2, -0.15) is 5.26 Å². The summed E-state index contributed by atoms with van der Waals surface area (Å²) in [4.78, 5) is 34.0. The third-order valence-corrected chi connectivity index (χ3v) is 6.11. The van der Waals surface area contributed by atoms with Gasteiger partial charge in [0.1, 0.15) is 17.3 Å². The number of carbonyl (C=O) groups is 1. The van der Waals surface area contributed by atoms with E-state index in [2.05, 4.69) is 9.97 Å². The molecule has 0 spiro atoms. The molecule has 1 aliphatic rings. The Hall–Kier alpha value is -2.98. The monoisotopic (exact) mass is 393 g/mol. The van der Waals surface area contributed by atoms with Gasteiger partial charge in [0.15, 0.2) is 0 Å². The average molecular weight is 393 g/mol. The van der Waals surface area contributed by atoms with Crippen molar-refractivity contribution < 1.29 is 9.53 Å². The van der Waals surface area contributed by atoms with Crippen LogP contribution in [0.1, 0.15) is 46.7 Å². The Bertz CT molecular complexity index is 1120. The second-order valence-electron chi connectivity index (χ2n) is 6.87. The Balaban J connectivity index is 1.39. The fourth-order valence-corrected chi connectivity index (χ4v) is 4.74. The van der Waals surface area contributed by atoms with E-state index in [1.807, 2.05) is 6.07 Å². The van der Waals surface area contributed by atoms with Crippen LogP contribution in [0.3, 0.4) is 0 Å². The van der Waals surface area contributed by atoms with E-state index in [0.717, 1.165) is 47.0 Å². The molecule has 6 nitrogen and oxygen atoms in total.